The van der Waals surface area contributed by atoms with Crippen LogP contribution in [0.2, 0.25) is 0 Å². The molecule has 0 atom stereocenters. The molecule has 0 aromatic carbocycles. The molecule has 1 fully saturated rings. The second kappa shape index (κ2) is 10.6. The third kappa shape index (κ3) is 7.11. The van der Waals surface area contributed by atoms with E-state index in [1.807, 2.05) is 18.3 Å². The van der Waals surface area contributed by atoms with Crippen LogP contribution < -0.4 is 5.32 Å². The van der Waals surface area contributed by atoms with Crippen molar-refractivity contribution in [2.24, 2.45) is 5.92 Å². The molecule has 0 unspecified atom stereocenters. The van der Waals surface area contributed by atoms with Crippen molar-refractivity contribution in [3.05, 3.63) is 30.1 Å². The van der Waals surface area contributed by atoms with Crippen LogP contribution in [0.5, 0.6) is 0 Å². The highest BCUT2D eigenvalue weighted by Crippen LogP contribution is 2.05. The average molecular weight is 351 g/mol. The standard InChI is InChI=1S/C18H30N4OS/c1-16(2)14-20-18(24)22(15-17-6-3-4-7-19-17)9-5-8-21-10-12-23-13-11-21/h3-4,6-7,16H,5,8-15H2,1-2H3,(H,20,24). The van der Waals surface area contributed by atoms with Crippen molar-refractivity contribution in [2.75, 3.05) is 45.9 Å². The lowest BCUT2D eigenvalue weighted by atomic mass is 10.2. The van der Waals surface area contributed by atoms with Gasteiger partial charge in [0.1, 0.15) is 0 Å². The molecule has 6 heteroatoms. The van der Waals surface area contributed by atoms with Crippen molar-refractivity contribution in [1.29, 1.82) is 0 Å². The molecule has 1 aromatic heterocycles. The Labute approximate surface area is 151 Å². The van der Waals surface area contributed by atoms with Crippen molar-refractivity contribution in [2.45, 2.75) is 26.8 Å². The lowest BCUT2D eigenvalue weighted by Crippen LogP contribution is -2.43. The van der Waals surface area contributed by atoms with Gasteiger partial charge in [-0.1, -0.05) is 19.9 Å². The lowest BCUT2D eigenvalue weighted by Gasteiger charge is -2.29. The number of pyridine rings is 1. The third-order valence-electron chi connectivity index (χ3n) is 4.03. The zero-order valence-electron chi connectivity index (χ0n) is 14.9. The zero-order valence-corrected chi connectivity index (χ0v) is 15.7. The molecule has 0 radical (unpaired) electrons. The van der Waals surface area contributed by atoms with E-state index in [9.17, 15) is 0 Å². The van der Waals surface area contributed by atoms with Crippen LogP contribution in [0.25, 0.3) is 0 Å². The van der Waals surface area contributed by atoms with Crippen molar-refractivity contribution < 1.29 is 4.74 Å². The summed E-state index contributed by atoms with van der Waals surface area (Å²) in [6.45, 7) is 11.9. The molecule has 5 nitrogen and oxygen atoms in total. The van der Waals surface area contributed by atoms with E-state index in [0.717, 1.165) is 69.7 Å². The minimum absolute atomic E-state index is 0.577. The average Bonchev–Trinajstić information content (AvgIpc) is 2.60. The molecule has 0 spiro atoms. The van der Waals surface area contributed by atoms with Crippen molar-refractivity contribution in [3.63, 3.8) is 0 Å². The topological polar surface area (TPSA) is 40.6 Å². The summed E-state index contributed by atoms with van der Waals surface area (Å²) in [6, 6.07) is 6.03. The number of hydrogen-bond donors (Lipinski definition) is 1. The van der Waals surface area contributed by atoms with E-state index < -0.39 is 0 Å². The van der Waals surface area contributed by atoms with Gasteiger partial charge in [-0.05, 0) is 36.7 Å². The van der Waals surface area contributed by atoms with Crippen LogP contribution in [0, 0.1) is 5.92 Å². The van der Waals surface area contributed by atoms with Crippen LogP contribution in [-0.4, -0.2) is 65.8 Å². The highest BCUT2D eigenvalue weighted by molar-refractivity contribution is 7.80. The van der Waals surface area contributed by atoms with Gasteiger partial charge < -0.3 is 15.0 Å². The van der Waals surface area contributed by atoms with Crippen LogP contribution in [-0.2, 0) is 11.3 Å². The van der Waals surface area contributed by atoms with Crippen molar-refractivity contribution >= 4 is 17.3 Å². The predicted molar refractivity (Wildman–Crippen MR) is 102 cm³/mol. The molecule has 2 rings (SSSR count). The summed E-state index contributed by atoms with van der Waals surface area (Å²) in [5, 5.41) is 4.22. The van der Waals surface area contributed by atoms with Crippen LogP contribution in [0.15, 0.2) is 24.4 Å². The van der Waals surface area contributed by atoms with E-state index in [4.69, 9.17) is 17.0 Å². The first-order chi connectivity index (χ1) is 11.6. The fourth-order valence-corrected chi connectivity index (χ4v) is 2.89. The number of hydrogen-bond acceptors (Lipinski definition) is 4. The van der Waals surface area contributed by atoms with Gasteiger partial charge in [0.2, 0.25) is 0 Å². The van der Waals surface area contributed by atoms with Gasteiger partial charge in [-0.25, -0.2) is 0 Å². The van der Waals surface area contributed by atoms with E-state index in [1.165, 1.54) is 0 Å². The Hall–Kier alpha value is -1.24. The number of nitrogens with one attached hydrogen (secondary N) is 1. The van der Waals surface area contributed by atoms with Gasteiger partial charge in [-0.15, -0.1) is 0 Å². The fourth-order valence-electron chi connectivity index (χ4n) is 2.65. The van der Waals surface area contributed by atoms with E-state index in [1.54, 1.807) is 0 Å². The number of aromatic nitrogens is 1. The highest BCUT2D eigenvalue weighted by atomic mass is 32.1. The Morgan fingerprint density at radius 3 is 2.83 bits per heavy atom. The summed E-state index contributed by atoms with van der Waals surface area (Å²) < 4.78 is 5.41. The molecular formula is C18H30N4OS. The van der Waals surface area contributed by atoms with Crippen LogP contribution >= 0.6 is 12.2 Å². The van der Waals surface area contributed by atoms with Gasteiger partial charge in [-0.2, -0.15) is 0 Å². The first kappa shape index (κ1) is 19.1. The van der Waals surface area contributed by atoms with Crippen molar-refractivity contribution in [3.8, 4) is 0 Å². The fraction of sp³-hybridized carbons (Fsp3) is 0.667. The monoisotopic (exact) mass is 350 g/mol. The van der Waals surface area contributed by atoms with E-state index in [0.29, 0.717) is 5.92 Å². The summed E-state index contributed by atoms with van der Waals surface area (Å²) in [5.41, 5.74) is 1.05. The number of morpholine rings is 1. The van der Waals surface area contributed by atoms with Crippen molar-refractivity contribution in [1.82, 2.24) is 20.1 Å². The van der Waals surface area contributed by atoms with Gasteiger partial charge in [0.05, 0.1) is 25.5 Å². The molecular weight excluding hydrogens is 320 g/mol. The highest BCUT2D eigenvalue weighted by Gasteiger charge is 2.14. The molecule has 0 amide bonds. The Bertz CT molecular complexity index is 477. The Balaban J connectivity index is 1.84. The van der Waals surface area contributed by atoms with E-state index in [2.05, 4.69) is 40.0 Å². The molecule has 1 aliphatic heterocycles. The number of ether oxygens (including phenoxy) is 1. The van der Waals surface area contributed by atoms with Gasteiger partial charge in [-0.3, -0.25) is 9.88 Å². The summed E-state index contributed by atoms with van der Waals surface area (Å²) >= 11 is 5.62. The number of thiocarbonyl (C=S) groups is 1. The molecule has 1 aromatic rings. The first-order valence-electron chi connectivity index (χ1n) is 8.88. The summed E-state index contributed by atoms with van der Waals surface area (Å²) in [4.78, 5) is 9.14. The van der Waals surface area contributed by atoms with Gasteiger partial charge in [0.15, 0.2) is 5.11 Å². The second-order valence-corrected chi connectivity index (χ2v) is 7.02. The van der Waals surface area contributed by atoms with Gasteiger partial charge >= 0.3 is 0 Å². The molecule has 1 N–H and O–H groups in total. The summed E-state index contributed by atoms with van der Waals surface area (Å²) in [5.74, 6) is 0.577. The van der Waals surface area contributed by atoms with E-state index in [-0.39, 0.29) is 0 Å². The van der Waals surface area contributed by atoms with Crippen LogP contribution in [0.3, 0.4) is 0 Å². The molecule has 2 heterocycles. The van der Waals surface area contributed by atoms with Gasteiger partial charge in [0, 0.05) is 38.9 Å². The lowest BCUT2D eigenvalue weighted by molar-refractivity contribution is 0.0367. The molecule has 134 valence electrons. The normalized spacial score (nSPS) is 15.5. The maximum Gasteiger partial charge on any atom is 0.169 e. The predicted octanol–water partition coefficient (Wildman–Crippen LogP) is 2.14. The molecule has 1 saturated heterocycles. The molecule has 24 heavy (non-hydrogen) atoms. The number of rotatable bonds is 8. The molecule has 0 bridgehead atoms. The SMILES string of the molecule is CC(C)CNC(=S)N(CCCN1CCOCC1)Cc1ccccn1. The quantitative estimate of drug-likeness (QED) is 0.725. The van der Waals surface area contributed by atoms with Gasteiger partial charge in [0.25, 0.3) is 0 Å². The Kier molecular flexibility index (Phi) is 8.42. The smallest absolute Gasteiger partial charge is 0.169 e. The Morgan fingerprint density at radius 2 is 2.17 bits per heavy atom. The minimum atomic E-state index is 0.577. The maximum atomic E-state index is 5.62. The number of nitrogens with zero attached hydrogens (tertiary/aromatic N) is 3. The minimum Gasteiger partial charge on any atom is -0.379 e. The van der Waals surface area contributed by atoms with Crippen LogP contribution in [0.4, 0.5) is 0 Å². The summed E-state index contributed by atoms with van der Waals surface area (Å²) in [7, 11) is 0. The zero-order chi connectivity index (χ0) is 17.2. The third-order valence-corrected chi connectivity index (χ3v) is 4.44. The second-order valence-electron chi connectivity index (χ2n) is 6.63. The Morgan fingerprint density at radius 1 is 1.38 bits per heavy atom. The maximum absolute atomic E-state index is 5.62. The largest absolute Gasteiger partial charge is 0.379 e. The first-order valence-corrected chi connectivity index (χ1v) is 9.29. The molecule has 1 aliphatic rings. The van der Waals surface area contributed by atoms with E-state index >= 15 is 0 Å². The molecule has 0 aliphatic carbocycles. The summed E-state index contributed by atoms with van der Waals surface area (Å²) in [6.07, 6.45) is 2.93. The molecule has 0 saturated carbocycles. The van der Waals surface area contributed by atoms with Crippen LogP contribution in [0.1, 0.15) is 26.0 Å².